The molecule has 0 radical (unpaired) electrons. The number of rotatable bonds is 5. The monoisotopic (exact) mass is 339 g/mol. The third kappa shape index (κ3) is 3.83. The second kappa shape index (κ2) is 7.79. The lowest BCUT2D eigenvalue weighted by atomic mass is 10.2. The van der Waals surface area contributed by atoms with Crippen molar-refractivity contribution in [3.63, 3.8) is 0 Å². The Labute approximate surface area is 145 Å². The SMILES string of the molecule is COc1ccccc1/C=N\N=C1/SCC(=O)N1Cc1ccccc1. The summed E-state index contributed by atoms with van der Waals surface area (Å²) in [7, 11) is 1.62. The van der Waals surface area contributed by atoms with Crippen LogP contribution in [0.1, 0.15) is 11.1 Å². The molecule has 1 aliphatic heterocycles. The predicted molar refractivity (Wildman–Crippen MR) is 97.5 cm³/mol. The molecule has 24 heavy (non-hydrogen) atoms. The average Bonchev–Trinajstić information content (AvgIpc) is 2.96. The highest BCUT2D eigenvalue weighted by Gasteiger charge is 2.28. The van der Waals surface area contributed by atoms with E-state index in [9.17, 15) is 4.79 Å². The molecule has 1 saturated heterocycles. The maximum absolute atomic E-state index is 12.1. The Balaban J connectivity index is 1.75. The third-order valence-corrected chi connectivity index (χ3v) is 4.47. The molecule has 0 unspecified atom stereocenters. The van der Waals surface area contributed by atoms with Crippen LogP contribution in [0.3, 0.4) is 0 Å². The third-order valence-electron chi connectivity index (χ3n) is 3.52. The largest absolute Gasteiger partial charge is 0.496 e. The molecule has 0 bridgehead atoms. The summed E-state index contributed by atoms with van der Waals surface area (Å²) in [5.74, 6) is 1.18. The van der Waals surface area contributed by atoms with Gasteiger partial charge in [-0.2, -0.15) is 5.10 Å². The first-order valence-electron chi connectivity index (χ1n) is 7.49. The number of ether oxygens (including phenoxy) is 1. The molecule has 2 aromatic carbocycles. The van der Waals surface area contributed by atoms with Crippen LogP contribution in [0.15, 0.2) is 64.8 Å². The van der Waals surface area contributed by atoms with Crippen LogP contribution in [0.5, 0.6) is 5.75 Å². The fraction of sp³-hybridized carbons (Fsp3) is 0.167. The maximum Gasteiger partial charge on any atom is 0.239 e. The molecule has 0 spiro atoms. The number of amidine groups is 1. The number of hydrogen-bond donors (Lipinski definition) is 0. The average molecular weight is 339 g/mol. The molecule has 1 fully saturated rings. The molecule has 1 heterocycles. The number of para-hydroxylation sites is 1. The Morgan fingerprint density at radius 3 is 2.71 bits per heavy atom. The van der Waals surface area contributed by atoms with Gasteiger partial charge in [-0.15, -0.1) is 5.10 Å². The number of carbonyl (C=O) groups is 1. The van der Waals surface area contributed by atoms with Crippen LogP contribution in [0.2, 0.25) is 0 Å². The topological polar surface area (TPSA) is 54.3 Å². The smallest absolute Gasteiger partial charge is 0.239 e. The number of carbonyl (C=O) groups excluding carboxylic acids is 1. The van der Waals surface area contributed by atoms with Crippen molar-refractivity contribution in [1.29, 1.82) is 0 Å². The van der Waals surface area contributed by atoms with Gasteiger partial charge in [0.15, 0.2) is 5.17 Å². The van der Waals surface area contributed by atoms with Crippen LogP contribution in [-0.4, -0.2) is 35.1 Å². The number of nitrogens with zero attached hydrogens (tertiary/aromatic N) is 3. The Morgan fingerprint density at radius 2 is 1.92 bits per heavy atom. The minimum atomic E-state index is 0.0510. The van der Waals surface area contributed by atoms with Gasteiger partial charge in [-0.25, -0.2) is 0 Å². The summed E-state index contributed by atoms with van der Waals surface area (Å²) in [6, 6.07) is 17.4. The van der Waals surface area contributed by atoms with Gasteiger partial charge in [-0.1, -0.05) is 54.2 Å². The normalized spacial score (nSPS) is 16.3. The van der Waals surface area contributed by atoms with Gasteiger partial charge in [-0.3, -0.25) is 9.69 Å². The Kier molecular flexibility index (Phi) is 5.28. The Morgan fingerprint density at radius 1 is 1.17 bits per heavy atom. The highest BCUT2D eigenvalue weighted by molar-refractivity contribution is 8.15. The molecule has 0 aromatic heterocycles. The highest BCUT2D eigenvalue weighted by Crippen LogP contribution is 2.22. The minimum Gasteiger partial charge on any atom is -0.496 e. The van der Waals surface area contributed by atoms with E-state index in [0.29, 0.717) is 17.5 Å². The minimum absolute atomic E-state index is 0.0510. The number of methoxy groups -OCH3 is 1. The van der Waals surface area contributed by atoms with Gasteiger partial charge in [0.25, 0.3) is 0 Å². The lowest BCUT2D eigenvalue weighted by molar-refractivity contribution is -0.124. The molecule has 2 aromatic rings. The highest BCUT2D eigenvalue weighted by atomic mass is 32.2. The zero-order valence-corrected chi connectivity index (χ0v) is 14.1. The van der Waals surface area contributed by atoms with Gasteiger partial charge < -0.3 is 4.74 Å². The molecule has 3 rings (SSSR count). The number of hydrogen-bond acceptors (Lipinski definition) is 5. The molecular formula is C18H17N3O2S. The lowest BCUT2D eigenvalue weighted by Gasteiger charge is -2.14. The van der Waals surface area contributed by atoms with E-state index in [1.165, 1.54) is 11.8 Å². The maximum atomic E-state index is 12.1. The predicted octanol–water partition coefficient (Wildman–Crippen LogP) is 3.16. The molecule has 6 heteroatoms. The van der Waals surface area contributed by atoms with Crippen molar-refractivity contribution < 1.29 is 9.53 Å². The van der Waals surface area contributed by atoms with E-state index in [2.05, 4.69) is 10.2 Å². The molecule has 0 atom stereocenters. The van der Waals surface area contributed by atoms with Gasteiger partial charge >= 0.3 is 0 Å². The van der Waals surface area contributed by atoms with Crippen LogP contribution in [0, 0.1) is 0 Å². The second-order valence-electron chi connectivity index (χ2n) is 5.12. The fourth-order valence-electron chi connectivity index (χ4n) is 2.31. The van der Waals surface area contributed by atoms with E-state index < -0.39 is 0 Å². The number of thioether (sulfide) groups is 1. The van der Waals surface area contributed by atoms with E-state index in [-0.39, 0.29) is 5.91 Å². The van der Waals surface area contributed by atoms with Crippen LogP contribution in [-0.2, 0) is 11.3 Å². The van der Waals surface area contributed by atoms with Gasteiger partial charge in [0.1, 0.15) is 5.75 Å². The van der Waals surface area contributed by atoms with Crippen molar-refractivity contribution in [2.24, 2.45) is 10.2 Å². The van der Waals surface area contributed by atoms with E-state index in [4.69, 9.17) is 4.74 Å². The molecule has 122 valence electrons. The summed E-state index contributed by atoms with van der Waals surface area (Å²) >= 11 is 1.40. The molecule has 0 saturated carbocycles. The van der Waals surface area contributed by atoms with Crippen LogP contribution in [0.4, 0.5) is 0 Å². The van der Waals surface area contributed by atoms with Crippen molar-refractivity contribution in [3.8, 4) is 5.75 Å². The fourth-order valence-corrected chi connectivity index (χ4v) is 3.14. The van der Waals surface area contributed by atoms with E-state index in [0.717, 1.165) is 16.9 Å². The molecule has 0 aliphatic carbocycles. The van der Waals surface area contributed by atoms with Crippen molar-refractivity contribution >= 4 is 29.1 Å². The Bertz CT molecular complexity index is 775. The zero-order chi connectivity index (χ0) is 16.8. The van der Waals surface area contributed by atoms with Crippen LogP contribution in [0.25, 0.3) is 0 Å². The van der Waals surface area contributed by atoms with Crippen molar-refractivity contribution in [1.82, 2.24) is 4.90 Å². The number of amides is 1. The zero-order valence-electron chi connectivity index (χ0n) is 13.3. The van der Waals surface area contributed by atoms with Gasteiger partial charge in [0.2, 0.25) is 5.91 Å². The lowest BCUT2D eigenvalue weighted by Crippen LogP contribution is -2.28. The standard InChI is InChI=1S/C18H17N3O2S/c1-23-16-10-6-5-9-15(16)11-19-20-18-21(17(22)13-24-18)12-14-7-3-2-4-8-14/h2-11H,12-13H2,1H3/b19-11-,20-18-. The van der Waals surface area contributed by atoms with E-state index >= 15 is 0 Å². The van der Waals surface area contributed by atoms with Gasteiger partial charge in [0.05, 0.1) is 25.6 Å². The number of benzene rings is 2. The first kappa shape index (κ1) is 16.3. The molecule has 5 nitrogen and oxygen atoms in total. The van der Waals surface area contributed by atoms with Crippen molar-refractivity contribution in [2.75, 3.05) is 12.9 Å². The summed E-state index contributed by atoms with van der Waals surface area (Å²) in [5.41, 5.74) is 1.91. The first-order valence-corrected chi connectivity index (χ1v) is 8.47. The summed E-state index contributed by atoms with van der Waals surface area (Å²) in [4.78, 5) is 13.7. The van der Waals surface area contributed by atoms with Gasteiger partial charge in [0, 0.05) is 5.56 Å². The van der Waals surface area contributed by atoms with E-state index in [1.807, 2.05) is 54.6 Å². The second-order valence-corrected chi connectivity index (χ2v) is 6.07. The van der Waals surface area contributed by atoms with Crippen molar-refractivity contribution in [3.05, 3.63) is 65.7 Å². The Hall–Kier alpha value is -2.60. The van der Waals surface area contributed by atoms with Gasteiger partial charge in [-0.05, 0) is 17.7 Å². The first-order chi connectivity index (χ1) is 11.8. The summed E-state index contributed by atoms with van der Waals surface area (Å²) < 4.78 is 5.28. The molecule has 1 amide bonds. The summed E-state index contributed by atoms with van der Waals surface area (Å²) in [6.45, 7) is 0.510. The molecule has 1 aliphatic rings. The summed E-state index contributed by atoms with van der Waals surface area (Å²) in [5, 5.41) is 8.97. The quantitative estimate of drug-likeness (QED) is 0.621. The van der Waals surface area contributed by atoms with Crippen molar-refractivity contribution in [2.45, 2.75) is 6.54 Å². The van der Waals surface area contributed by atoms with Crippen LogP contribution < -0.4 is 4.74 Å². The van der Waals surface area contributed by atoms with E-state index in [1.54, 1.807) is 18.2 Å². The molecular weight excluding hydrogens is 322 g/mol. The molecule has 0 N–H and O–H groups in total. The summed E-state index contributed by atoms with van der Waals surface area (Å²) in [6.07, 6.45) is 1.63. The van der Waals surface area contributed by atoms with Crippen LogP contribution >= 0.6 is 11.8 Å².